The predicted octanol–water partition coefficient (Wildman–Crippen LogP) is 0.153. The molecule has 1 aliphatic rings. The smallest absolute Gasteiger partial charge is 0.393 e. The Labute approximate surface area is 142 Å². The molecule has 1 saturated heterocycles. The van der Waals surface area contributed by atoms with E-state index >= 15 is 0 Å². The van der Waals surface area contributed by atoms with Crippen LogP contribution in [0.5, 0.6) is 0 Å². The Morgan fingerprint density at radius 1 is 1.20 bits per heavy atom. The van der Waals surface area contributed by atoms with E-state index in [4.69, 9.17) is 25.5 Å². The highest BCUT2D eigenvalue weighted by Gasteiger charge is 2.51. The maximum absolute atomic E-state index is 11.4. The van der Waals surface area contributed by atoms with Crippen LogP contribution < -0.4 is 0 Å². The highest BCUT2D eigenvalue weighted by Crippen LogP contribution is 2.34. The molecule has 0 aromatic carbocycles. The minimum absolute atomic E-state index is 0.127. The molecule has 1 aromatic rings. The second-order valence-corrected chi connectivity index (χ2v) is 5.15. The van der Waals surface area contributed by atoms with E-state index in [2.05, 4.69) is 14.9 Å². The lowest BCUT2D eigenvalue weighted by Gasteiger charge is -2.22. The van der Waals surface area contributed by atoms with Crippen molar-refractivity contribution in [2.75, 3.05) is 6.61 Å². The molecular formula is C14H16N4O7. The van der Waals surface area contributed by atoms with Crippen molar-refractivity contribution >= 4 is 23.9 Å². The van der Waals surface area contributed by atoms with Gasteiger partial charge in [0, 0.05) is 20.8 Å². The normalized spacial score (nSPS) is 25.0. The summed E-state index contributed by atoms with van der Waals surface area (Å²) in [5.74, 6) is -1.93. The van der Waals surface area contributed by atoms with Crippen LogP contribution in [0.25, 0.3) is 4.85 Å². The molecule has 4 unspecified atom stereocenters. The van der Waals surface area contributed by atoms with Crippen molar-refractivity contribution in [3.63, 3.8) is 0 Å². The van der Waals surface area contributed by atoms with Gasteiger partial charge >= 0.3 is 23.9 Å². The van der Waals surface area contributed by atoms with Crippen LogP contribution in [-0.2, 0) is 33.3 Å². The fourth-order valence-corrected chi connectivity index (χ4v) is 2.35. The third-order valence-electron chi connectivity index (χ3n) is 3.20. The molecule has 1 aromatic heterocycles. The molecular weight excluding hydrogens is 336 g/mol. The Kier molecular flexibility index (Phi) is 5.66. The second-order valence-electron chi connectivity index (χ2n) is 5.15. The van der Waals surface area contributed by atoms with Crippen molar-refractivity contribution in [3.05, 3.63) is 17.7 Å². The first kappa shape index (κ1) is 18.3. The van der Waals surface area contributed by atoms with Gasteiger partial charge in [-0.2, -0.15) is 4.68 Å². The first-order valence-corrected chi connectivity index (χ1v) is 7.23. The summed E-state index contributed by atoms with van der Waals surface area (Å²) in [5.41, 5.74) is 0. The van der Waals surface area contributed by atoms with Gasteiger partial charge in [0.15, 0.2) is 18.5 Å². The number of carbonyl (C=O) groups is 3. The largest absolute Gasteiger partial charge is 0.463 e. The summed E-state index contributed by atoms with van der Waals surface area (Å²) >= 11 is 0. The molecule has 0 amide bonds. The van der Waals surface area contributed by atoms with Gasteiger partial charge in [0.1, 0.15) is 12.7 Å². The van der Waals surface area contributed by atoms with E-state index in [-0.39, 0.29) is 12.6 Å². The molecule has 0 radical (unpaired) electrons. The number of carbonyl (C=O) groups excluding carboxylic acids is 3. The summed E-state index contributed by atoms with van der Waals surface area (Å²) in [6, 6.07) is 0. The van der Waals surface area contributed by atoms with Crippen LogP contribution in [0.3, 0.4) is 0 Å². The summed E-state index contributed by atoms with van der Waals surface area (Å²) in [7, 11) is 0. The Bertz CT molecular complexity index is 710. The first-order valence-electron chi connectivity index (χ1n) is 7.23. The van der Waals surface area contributed by atoms with Crippen molar-refractivity contribution in [2.45, 2.75) is 45.3 Å². The molecule has 2 rings (SSSR count). The van der Waals surface area contributed by atoms with Gasteiger partial charge in [-0.15, -0.1) is 11.6 Å². The Balaban J connectivity index is 2.32. The molecule has 2 heterocycles. The number of nitrogens with zero attached hydrogens (tertiary/aromatic N) is 4. The third kappa shape index (κ3) is 4.51. The van der Waals surface area contributed by atoms with Gasteiger partial charge < -0.3 is 23.8 Å². The topological polar surface area (TPSA) is 123 Å². The number of ether oxygens (including phenoxy) is 4. The standard InChI is InChI=1S/C14H16N4O7/c1-7(19)22-5-10-11(23-8(2)20)12(24-9(3)21)13(25-10)18-6-16-14(15-4)17-18/h6,10-13H,5H2,1-3H3. The van der Waals surface area contributed by atoms with E-state index in [1.807, 2.05) is 0 Å². The van der Waals surface area contributed by atoms with E-state index < -0.39 is 42.4 Å². The molecule has 11 heteroatoms. The minimum Gasteiger partial charge on any atom is -0.463 e. The Hall–Kier alpha value is -3.00. The van der Waals surface area contributed by atoms with Gasteiger partial charge in [0.2, 0.25) is 6.23 Å². The zero-order chi connectivity index (χ0) is 18.6. The van der Waals surface area contributed by atoms with Crippen molar-refractivity contribution in [1.82, 2.24) is 14.8 Å². The molecule has 1 aliphatic heterocycles. The quantitative estimate of drug-likeness (QED) is 0.414. The first-order chi connectivity index (χ1) is 11.8. The highest BCUT2D eigenvalue weighted by atomic mass is 16.7. The Morgan fingerprint density at radius 2 is 1.84 bits per heavy atom. The lowest BCUT2D eigenvalue weighted by molar-refractivity contribution is -0.166. The fourth-order valence-electron chi connectivity index (χ4n) is 2.35. The van der Waals surface area contributed by atoms with Crippen molar-refractivity contribution in [2.24, 2.45) is 0 Å². The van der Waals surface area contributed by atoms with Crippen LogP contribution in [0.15, 0.2) is 6.33 Å². The number of esters is 3. The number of hydrogen-bond donors (Lipinski definition) is 0. The highest BCUT2D eigenvalue weighted by molar-refractivity contribution is 5.67. The number of aromatic nitrogens is 3. The van der Waals surface area contributed by atoms with Gasteiger partial charge in [-0.3, -0.25) is 14.4 Å². The predicted molar refractivity (Wildman–Crippen MR) is 77.9 cm³/mol. The maximum atomic E-state index is 11.4. The molecule has 0 bridgehead atoms. The maximum Gasteiger partial charge on any atom is 0.393 e. The van der Waals surface area contributed by atoms with E-state index in [0.29, 0.717) is 0 Å². The molecule has 0 spiro atoms. The van der Waals surface area contributed by atoms with Crippen molar-refractivity contribution in [3.8, 4) is 0 Å². The van der Waals surface area contributed by atoms with Gasteiger partial charge in [0.05, 0.1) is 0 Å². The van der Waals surface area contributed by atoms with Crippen LogP contribution in [0.1, 0.15) is 27.0 Å². The summed E-state index contributed by atoms with van der Waals surface area (Å²) in [6.07, 6.45) is -2.73. The molecule has 1 fully saturated rings. The van der Waals surface area contributed by atoms with E-state index in [9.17, 15) is 14.4 Å². The fraction of sp³-hybridized carbons (Fsp3) is 0.571. The van der Waals surface area contributed by atoms with Crippen LogP contribution in [0.4, 0.5) is 5.95 Å². The van der Waals surface area contributed by atoms with Crippen molar-refractivity contribution < 1.29 is 33.3 Å². The lowest BCUT2D eigenvalue weighted by atomic mass is 10.1. The summed E-state index contributed by atoms with van der Waals surface area (Å²) < 4.78 is 22.2. The van der Waals surface area contributed by atoms with Gasteiger partial charge in [-0.1, -0.05) is 5.10 Å². The monoisotopic (exact) mass is 352 g/mol. The molecule has 134 valence electrons. The number of hydrogen-bond acceptors (Lipinski definition) is 9. The SMILES string of the molecule is [C-]#[N+]c1ncn(C2OC(COC(C)=O)C(OC(C)=O)C2OC(C)=O)n1. The summed E-state index contributed by atoms with van der Waals surface area (Å²) in [4.78, 5) is 40.7. The molecule has 25 heavy (non-hydrogen) atoms. The van der Waals surface area contributed by atoms with Crippen LogP contribution in [0.2, 0.25) is 0 Å². The van der Waals surface area contributed by atoms with Crippen LogP contribution >= 0.6 is 0 Å². The van der Waals surface area contributed by atoms with E-state index in [1.54, 1.807) is 0 Å². The second kappa shape index (κ2) is 7.71. The average Bonchev–Trinajstić information content (AvgIpc) is 3.10. The van der Waals surface area contributed by atoms with Crippen LogP contribution in [-0.4, -0.2) is 57.6 Å². The van der Waals surface area contributed by atoms with Crippen molar-refractivity contribution in [1.29, 1.82) is 0 Å². The summed E-state index contributed by atoms with van der Waals surface area (Å²) in [6.45, 7) is 10.3. The molecule has 11 nitrogen and oxygen atoms in total. The minimum atomic E-state index is -1.05. The zero-order valence-corrected chi connectivity index (χ0v) is 13.7. The van der Waals surface area contributed by atoms with Crippen LogP contribution in [0, 0.1) is 6.57 Å². The van der Waals surface area contributed by atoms with Gasteiger partial charge in [-0.05, 0) is 0 Å². The lowest BCUT2D eigenvalue weighted by Crippen LogP contribution is -2.40. The van der Waals surface area contributed by atoms with Gasteiger partial charge in [0.25, 0.3) is 0 Å². The van der Waals surface area contributed by atoms with Gasteiger partial charge in [-0.25, -0.2) is 0 Å². The third-order valence-corrected chi connectivity index (χ3v) is 3.20. The number of rotatable bonds is 5. The Morgan fingerprint density at radius 3 is 2.36 bits per heavy atom. The summed E-state index contributed by atoms with van der Waals surface area (Å²) in [5, 5.41) is 3.90. The molecule has 4 atom stereocenters. The van der Waals surface area contributed by atoms with E-state index in [1.165, 1.54) is 31.8 Å². The zero-order valence-electron chi connectivity index (χ0n) is 13.7. The van der Waals surface area contributed by atoms with E-state index in [0.717, 1.165) is 0 Å². The molecule has 0 saturated carbocycles. The molecule has 0 aliphatic carbocycles. The molecule has 0 N–H and O–H groups in total. The average molecular weight is 352 g/mol.